The first-order chi connectivity index (χ1) is 9.05. The predicted octanol–water partition coefficient (Wildman–Crippen LogP) is 1.64. The quantitative estimate of drug-likeness (QED) is 0.911. The Balaban J connectivity index is 1.87. The van der Waals surface area contributed by atoms with Crippen molar-refractivity contribution < 1.29 is 13.7 Å². The van der Waals surface area contributed by atoms with Crippen LogP contribution >= 0.6 is 0 Å². The molecule has 1 atom stereocenters. The highest BCUT2D eigenvalue weighted by atomic mass is 32.2. The van der Waals surface area contributed by atoms with Gasteiger partial charge in [0, 0.05) is 25.1 Å². The average Bonchev–Trinajstić information content (AvgIpc) is 2.32. The molecular formula is C13H18N2O3S. The van der Waals surface area contributed by atoms with Crippen LogP contribution in [0.2, 0.25) is 0 Å². The van der Waals surface area contributed by atoms with Crippen molar-refractivity contribution in [3.8, 4) is 0 Å². The van der Waals surface area contributed by atoms with Crippen molar-refractivity contribution in [1.82, 2.24) is 5.32 Å². The van der Waals surface area contributed by atoms with Crippen LogP contribution in [0.1, 0.15) is 5.56 Å². The lowest BCUT2D eigenvalue weighted by atomic mass is 10.1. The van der Waals surface area contributed by atoms with Crippen molar-refractivity contribution >= 4 is 15.8 Å². The van der Waals surface area contributed by atoms with E-state index in [2.05, 4.69) is 9.68 Å². The van der Waals surface area contributed by atoms with Crippen molar-refractivity contribution in [2.24, 2.45) is 10.3 Å². The first-order valence-corrected chi connectivity index (χ1v) is 8.26. The molecule has 19 heavy (non-hydrogen) atoms. The Kier molecular flexibility index (Phi) is 4.55. The lowest BCUT2D eigenvalue weighted by Crippen LogP contribution is -2.45. The summed E-state index contributed by atoms with van der Waals surface area (Å²) in [5.41, 5.74) is 0.886. The minimum absolute atomic E-state index is 0.156. The topological polar surface area (TPSA) is 67.8 Å². The third kappa shape index (κ3) is 4.65. The van der Waals surface area contributed by atoms with Crippen LogP contribution < -0.4 is 5.32 Å². The van der Waals surface area contributed by atoms with Crippen LogP contribution in [0.5, 0.6) is 0 Å². The molecule has 0 aromatic heterocycles. The molecule has 1 aromatic carbocycles. The number of benzene rings is 1. The summed E-state index contributed by atoms with van der Waals surface area (Å²) in [7, 11) is -2.48. The number of carbonyl (C=O) groups excluding carboxylic acids is 1. The van der Waals surface area contributed by atoms with E-state index in [9.17, 15) is 9.00 Å². The van der Waals surface area contributed by atoms with Crippen molar-refractivity contribution in [3.05, 3.63) is 35.9 Å². The minimum atomic E-state index is -2.48. The van der Waals surface area contributed by atoms with E-state index in [4.69, 9.17) is 4.74 Å². The Morgan fingerprint density at radius 2 is 2.11 bits per heavy atom. The van der Waals surface area contributed by atoms with Gasteiger partial charge < -0.3 is 10.1 Å². The second-order valence-electron chi connectivity index (χ2n) is 4.78. The lowest BCUT2D eigenvalue weighted by molar-refractivity contribution is 0.151. The zero-order chi connectivity index (χ0) is 13.7. The Morgan fingerprint density at radius 3 is 2.68 bits per heavy atom. The molecule has 1 fully saturated rings. The van der Waals surface area contributed by atoms with Gasteiger partial charge in [0.1, 0.15) is 6.61 Å². The SMILES string of the molecule is CS(=O)(CC1CNC1)=NC(=O)OCc1ccccc1. The predicted molar refractivity (Wildman–Crippen MR) is 74.3 cm³/mol. The molecule has 0 radical (unpaired) electrons. The van der Waals surface area contributed by atoms with Gasteiger partial charge in [-0.3, -0.25) is 0 Å². The van der Waals surface area contributed by atoms with Gasteiger partial charge in [-0.1, -0.05) is 30.3 Å². The number of rotatable bonds is 4. The molecule has 1 aliphatic heterocycles. The highest BCUT2D eigenvalue weighted by Crippen LogP contribution is 2.09. The van der Waals surface area contributed by atoms with Gasteiger partial charge in [0.25, 0.3) is 0 Å². The van der Waals surface area contributed by atoms with E-state index >= 15 is 0 Å². The zero-order valence-corrected chi connectivity index (χ0v) is 11.7. The molecule has 5 nitrogen and oxygen atoms in total. The molecule has 1 aromatic rings. The summed E-state index contributed by atoms with van der Waals surface area (Å²) in [5.74, 6) is 0.795. The van der Waals surface area contributed by atoms with E-state index in [-0.39, 0.29) is 6.61 Å². The molecule has 0 bridgehead atoms. The summed E-state index contributed by atoms with van der Waals surface area (Å²) in [6.07, 6.45) is 0.762. The Morgan fingerprint density at radius 1 is 1.42 bits per heavy atom. The lowest BCUT2D eigenvalue weighted by Gasteiger charge is -2.26. The van der Waals surface area contributed by atoms with Crippen molar-refractivity contribution in [2.75, 3.05) is 25.1 Å². The van der Waals surface area contributed by atoms with Gasteiger partial charge in [0.05, 0.1) is 9.73 Å². The van der Waals surface area contributed by atoms with Gasteiger partial charge in [-0.15, -0.1) is 4.36 Å². The normalized spacial score (nSPS) is 18.2. The molecule has 6 heteroatoms. The summed E-state index contributed by atoms with van der Waals surface area (Å²) in [5, 5.41) is 3.10. The molecule has 2 rings (SSSR count). The molecular weight excluding hydrogens is 264 g/mol. The first kappa shape index (κ1) is 14.0. The molecule has 1 amide bonds. The number of amides is 1. The maximum atomic E-state index is 12.1. The smallest absolute Gasteiger partial charge is 0.442 e. The minimum Gasteiger partial charge on any atom is -0.443 e. The van der Waals surface area contributed by atoms with Crippen LogP contribution in [0.25, 0.3) is 0 Å². The van der Waals surface area contributed by atoms with Crippen LogP contribution in [0.3, 0.4) is 0 Å². The van der Waals surface area contributed by atoms with E-state index < -0.39 is 15.8 Å². The first-order valence-electron chi connectivity index (χ1n) is 6.16. The average molecular weight is 282 g/mol. The zero-order valence-electron chi connectivity index (χ0n) is 10.9. The largest absolute Gasteiger partial charge is 0.443 e. The summed E-state index contributed by atoms with van der Waals surface area (Å²) in [4.78, 5) is 11.5. The Hall–Kier alpha value is -1.40. The van der Waals surface area contributed by atoms with Crippen LogP contribution in [0.4, 0.5) is 4.79 Å². The third-order valence-corrected chi connectivity index (χ3v) is 4.51. The van der Waals surface area contributed by atoms with E-state index in [1.54, 1.807) is 0 Å². The van der Waals surface area contributed by atoms with Crippen LogP contribution in [0.15, 0.2) is 34.7 Å². The van der Waals surface area contributed by atoms with Crippen molar-refractivity contribution in [2.45, 2.75) is 6.61 Å². The number of nitrogens with zero attached hydrogens (tertiary/aromatic N) is 1. The number of ether oxygens (including phenoxy) is 1. The van der Waals surface area contributed by atoms with Gasteiger partial charge >= 0.3 is 6.09 Å². The second kappa shape index (κ2) is 6.16. The second-order valence-corrected chi connectivity index (χ2v) is 7.22. The van der Waals surface area contributed by atoms with Gasteiger partial charge in [0.2, 0.25) is 0 Å². The highest BCUT2D eigenvalue weighted by Gasteiger charge is 2.21. The Bertz CT molecular complexity index is 546. The Labute approximate surface area is 113 Å². The summed E-state index contributed by atoms with van der Waals surface area (Å²) in [6.45, 7) is 1.85. The van der Waals surface area contributed by atoms with Crippen molar-refractivity contribution in [1.29, 1.82) is 0 Å². The number of hydrogen-bond donors (Lipinski definition) is 1. The fraction of sp³-hybridized carbons (Fsp3) is 0.462. The molecule has 0 saturated carbocycles. The number of nitrogens with one attached hydrogen (secondary N) is 1. The summed E-state index contributed by atoms with van der Waals surface area (Å²) in [6, 6.07) is 9.34. The molecule has 1 saturated heterocycles. The van der Waals surface area contributed by atoms with E-state index in [1.165, 1.54) is 6.26 Å². The molecule has 1 N–H and O–H groups in total. The standard InChI is InChI=1S/C13H18N2O3S/c1-19(17,10-12-7-14-8-12)15-13(16)18-9-11-5-3-2-4-6-11/h2-6,12,14H,7-10H2,1H3. The monoisotopic (exact) mass is 282 g/mol. The van der Waals surface area contributed by atoms with Gasteiger partial charge in [-0.2, -0.15) is 0 Å². The molecule has 104 valence electrons. The van der Waals surface area contributed by atoms with E-state index in [0.717, 1.165) is 18.7 Å². The fourth-order valence-corrected chi connectivity index (χ4v) is 3.40. The van der Waals surface area contributed by atoms with Crippen LogP contribution in [-0.2, 0) is 21.1 Å². The van der Waals surface area contributed by atoms with E-state index in [0.29, 0.717) is 11.7 Å². The van der Waals surface area contributed by atoms with Crippen LogP contribution in [0, 0.1) is 5.92 Å². The molecule has 0 spiro atoms. The van der Waals surface area contributed by atoms with Gasteiger partial charge in [-0.05, 0) is 11.5 Å². The van der Waals surface area contributed by atoms with Gasteiger partial charge in [-0.25, -0.2) is 9.00 Å². The van der Waals surface area contributed by atoms with E-state index in [1.807, 2.05) is 30.3 Å². The third-order valence-electron chi connectivity index (χ3n) is 2.88. The highest BCUT2D eigenvalue weighted by molar-refractivity contribution is 7.93. The molecule has 1 aliphatic rings. The summed E-state index contributed by atoms with van der Waals surface area (Å²) < 4.78 is 20.8. The molecule has 1 heterocycles. The fourth-order valence-electron chi connectivity index (χ4n) is 1.84. The maximum Gasteiger partial charge on any atom is 0.442 e. The van der Waals surface area contributed by atoms with Crippen molar-refractivity contribution in [3.63, 3.8) is 0 Å². The number of hydrogen-bond acceptors (Lipinski definition) is 4. The molecule has 0 aliphatic carbocycles. The summed E-state index contributed by atoms with van der Waals surface area (Å²) >= 11 is 0. The number of carbonyl (C=O) groups is 1. The molecule has 1 unspecified atom stereocenters. The maximum absolute atomic E-state index is 12.1. The van der Waals surface area contributed by atoms with Crippen LogP contribution in [-0.4, -0.2) is 35.4 Å². The van der Waals surface area contributed by atoms with Gasteiger partial charge in [0.15, 0.2) is 0 Å².